The van der Waals surface area contributed by atoms with E-state index in [0.717, 1.165) is 5.56 Å². The van der Waals surface area contributed by atoms with Gasteiger partial charge in [0.1, 0.15) is 0 Å². The number of alkyl halides is 5. The van der Waals surface area contributed by atoms with Gasteiger partial charge in [0.25, 0.3) is 0 Å². The Morgan fingerprint density at radius 3 is 2.25 bits per heavy atom. The van der Waals surface area contributed by atoms with E-state index in [1.165, 1.54) is 0 Å². The van der Waals surface area contributed by atoms with E-state index in [4.69, 9.17) is 0 Å². The van der Waals surface area contributed by atoms with Crippen molar-refractivity contribution in [2.24, 2.45) is 0 Å². The fourth-order valence-corrected chi connectivity index (χ4v) is 4.07. The van der Waals surface area contributed by atoms with Crippen LogP contribution in [0.5, 0.6) is 0 Å². The van der Waals surface area contributed by atoms with Gasteiger partial charge in [0.15, 0.2) is 0 Å². The third-order valence-electron chi connectivity index (χ3n) is 2.64. The molecule has 0 fully saturated rings. The summed E-state index contributed by atoms with van der Waals surface area (Å²) in [4.78, 5) is 0. The van der Waals surface area contributed by atoms with E-state index in [2.05, 4.69) is 3.07 Å². The number of rotatable bonds is 7. The van der Waals surface area contributed by atoms with Crippen molar-refractivity contribution < 1.29 is 28.1 Å². The zero-order valence-corrected chi connectivity index (χ0v) is 13.4. The quantitative estimate of drug-likeness (QED) is 0.516. The first-order valence-corrected chi connectivity index (χ1v) is 9.56. The Morgan fingerprint density at radius 2 is 1.75 bits per heavy atom. The molecule has 0 heterocycles. The van der Waals surface area contributed by atoms with E-state index in [1.807, 2.05) is 0 Å². The van der Waals surface area contributed by atoms with Crippen LogP contribution in [0.4, 0.5) is 22.0 Å². The molecule has 112 valence electrons. The van der Waals surface area contributed by atoms with E-state index < -0.39 is 36.2 Å². The summed E-state index contributed by atoms with van der Waals surface area (Å²) in [6.45, 7) is -0.0665. The van der Waals surface area contributed by atoms with E-state index in [1.54, 1.807) is 30.3 Å². The zero-order valence-electron chi connectivity index (χ0n) is 10.6. The summed E-state index contributed by atoms with van der Waals surface area (Å²) in [6.07, 6.45) is -2.93. The van der Waals surface area contributed by atoms with Gasteiger partial charge in [0.2, 0.25) is 0 Å². The van der Waals surface area contributed by atoms with Gasteiger partial charge in [0.05, 0.1) is 0 Å². The Kier molecular flexibility index (Phi) is 6.05. The molecule has 1 aromatic rings. The van der Waals surface area contributed by atoms with Crippen molar-refractivity contribution in [2.75, 3.05) is 6.61 Å². The molecule has 20 heavy (non-hydrogen) atoms. The van der Waals surface area contributed by atoms with Crippen molar-refractivity contribution in [1.82, 2.24) is 0 Å². The molecule has 1 aromatic carbocycles. The van der Waals surface area contributed by atoms with Crippen LogP contribution in [0.3, 0.4) is 0 Å². The van der Waals surface area contributed by atoms with E-state index >= 15 is 0 Å². The second-order valence-electron chi connectivity index (χ2n) is 4.18. The molecular formula is C12H13F5O2Sn. The second-order valence-corrected chi connectivity index (χ2v) is 8.44. The number of benzene rings is 1. The van der Waals surface area contributed by atoms with Gasteiger partial charge in [0, 0.05) is 0 Å². The molecule has 2 nitrogen and oxygen atoms in total. The van der Waals surface area contributed by atoms with E-state index in [9.17, 15) is 25.0 Å². The Labute approximate surface area is 120 Å². The first kappa shape index (κ1) is 17.5. The van der Waals surface area contributed by atoms with E-state index in [0.29, 0.717) is 6.92 Å². The van der Waals surface area contributed by atoms with Crippen molar-refractivity contribution in [3.8, 4) is 0 Å². The summed E-state index contributed by atoms with van der Waals surface area (Å²) in [6, 6.07) is 8.54. The summed E-state index contributed by atoms with van der Waals surface area (Å²) in [5.41, 5.74) is 0.734. The molecule has 0 radical (unpaired) electrons. The van der Waals surface area contributed by atoms with Gasteiger partial charge in [-0.3, -0.25) is 0 Å². The molecule has 0 bridgehead atoms. The first-order valence-electron chi connectivity index (χ1n) is 5.80. The Hall–Kier alpha value is -0.571. The van der Waals surface area contributed by atoms with Gasteiger partial charge < -0.3 is 0 Å². The number of halogens is 5. The van der Waals surface area contributed by atoms with Crippen LogP contribution in [0.2, 0.25) is 0 Å². The molecule has 0 N–H and O–H groups in total. The molecule has 1 rings (SSSR count). The normalized spacial score (nSPS) is 14.1. The number of hydrogen-bond donors (Lipinski definition) is 0. The fraction of sp³-hybridized carbons (Fsp3) is 0.500. The maximum atomic E-state index is 13.2. The molecule has 0 aliphatic carbocycles. The Bertz CT molecular complexity index is 450. The Morgan fingerprint density at radius 1 is 1.20 bits per heavy atom. The molecule has 0 amide bonds. The summed E-state index contributed by atoms with van der Waals surface area (Å²) in [5.74, 6) is -4.98. The van der Waals surface area contributed by atoms with Crippen molar-refractivity contribution in [2.45, 2.75) is 29.4 Å². The zero-order chi connectivity index (χ0) is 15.4. The van der Waals surface area contributed by atoms with Gasteiger partial charge in [-0.25, -0.2) is 0 Å². The predicted octanol–water partition coefficient (Wildman–Crippen LogP) is 3.33. The SMILES string of the molecule is CC(F)C(F)(F)[C](F)(F)[Sn](=[O])[O]CCc1ccccc1. The van der Waals surface area contributed by atoms with Crippen molar-refractivity contribution in [3.63, 3.8) is 0 Å². The van der Waals surface area contributed by atoms with Crippen LogP contribution in [0.1, 0.15) is 12.5 Å². The van der Waals surface area contributed by atoms with Gasteiger partial charge in [-0.2, -0.15) is 0 Å². The molecule has 0 aromatic heterocycles. The van der Waals surface area contributed by atoms with Crippen LogP contribution in [0.15, 0.2) is 30.3 Å². The van der Waals surface area contributed by atoms with Crippen LogP contribution in [0.25, 0.3) is 0 Å². The summed E-state index contributed by atoms with van der Waals surface area (Å²) in [5, 5.41) is 0. The fourth-order valence-electron chi connectivity index (χ4n) is 1.38. The molecule has 0 saturated carbocycles. The van der Waals surface area contributed by atoms with Gasteiger partial charge in [-0.1, -0.05) is 0 Å². The van der Waals surface area contributed by atoms with E-state index in [-0.39, 0.29) is 13.0 Å². The molecule has 1 atom stereocenters. The van der Waals surface area contributed by atoms with Crippen LogP contribution >= 0.6 is 0 Å². The van der Waals surface area contributed by atoms with Crippen LogP contribution in [-0.2, 0) is 12.6 Å². The van der Waals surface area contributed by atoms with Gasteiger partial charge in [-0.05, 0) is 0 Å². The molecule has 1 unspecified atom stereocenters. The molecular weight excluding hydrogens is 390 g/mol. The average Bonchev–Trinajstić information content (AvgIpc) is 2.39. The minimum atomic E-state index is -5.43. The Balaban J connectivity index is 2.58. The van der Waals surface area contributed by atoms with Crippen LogP contribution in [-0.4, -0.2) is 42.8 Å². The number of hydrogen-bond acceptors (Lipinski definition) is 2. The van der Waals surface area contributed by atoms with Gasteiger partial charge >= 0.3 is 120 Å². The summed E-state index contributed by atoms with van der Waals surface area (Å²) >= 11 is -5.43. The topological polar surface area (TPSA) is 26.3 Å². The monoisotopic (exact) mass is 404 g/mol. The summed E-state index contributed by atoms with van der Waals surface area (Å²) in [7, 11) is 0. The van der Waals surface area contributed by atoms with Crippen molar-refractivity contribution in [3.05, 3.63) is 35.9 Å². The molecule has 0 spiro atoms. The predicted molar refractivity (Wildman–Crippen MR) is 63.0 cm³/mol. The molecule has 0 aliphatic heterocycles. The molecule has 0 aliphatic rings. The molecule has 8 heteroatoms. The third kappa shape index (κ3) is 3.97. The first-order chi connectivity index (χ1) is 9.19. The van der Waals surface area contributed by atoms with Crippen molar-refractivity contribution >= 4 is 20.2 Å². The minimum absolute atomic E-state index is 0.167. The van der Waals surface area contributed by atoms with Crippen LogP contribution < -0.4 is 0 Å². The maximum absolute atomic E-state index is 13.2. The third-order valence-corrected chi connectivity index (χ3v) is 6.39. The van der Waals surface area contributed by atoms with Gasteiger partial charge in [-0.15, -0.1) is 0 Å². The summed E-state index contributed by atoms with van der Waals surface area (Å²) < 4.78 is 75.7. The average molecular weight is 403 g/mol. The van der Waals surface area contributed by atoms with Crippen LogP contribution in [0, 0.1) is 0 Å². The standard InChI is InChI=1S/C8H9O.C4H4F5.O.Sn/c9-7-6-8-4-2-1-3-5-8;1-2(5)4(8,9)3(6)7;;/h1-5H,6-7H2;2H,1H3;;/q-1;;;+1. The second kappa shape index (κ2) is 6.93. The molecule has 0 saturated heterocycles. The van der Waals surface area contributed by atoms with Crippen molar-refractivity contribution in [1.29, 1.82) is 0 Å².